The summed E-state index contributed by atoms with van der Waals surface area (Å²) in [5, 5.41) is 2.71. The van der Waals surface area contributed by atoms with Gasteiger partial charge in [0.05, 0.1) is 10.4 Å². The van der Waals surface area contributed by atoms with Gasteiger partial charge in [-0.3, -0.25) is 0 Å². The van der Waals surface area contributed by atoms with Crippen molar-refractivity contribution in [3.8, 4) is 0 Å². The second kappa shape index (κ2) is 6.10. The molecule has 0 spiro atoms. The highest BCUT2D eigenvalue weighted by atomic mass is 35.5. The van der Waals surface area contributed by atoms with Crippen molar-refractivity contribution < 1.29 is 0 Å². The summed E-state index contributed by atoms with van der Waals surface area (Å²) in [6, 6.07) is 8.52. The van der Waals surface area contributed by atoms with Gasteiger partial charge in [-0.05, 0) is 35.4 Å². The van der Waals surface area contributed by atoms with Crippen LogP contribution in [-0.2, 0) is 6.42 Å². The fraction of sp³-hybridized carbons (Fsp3) is 0.333. The van der Waals surface area contributed by atoms with Crippen LogP contribution in [0.5, 0.6) is 0 Å². The highest BCUT2D eigenvalue weighted by Crippen LogP contribution is 2.39. The summed E-state index contributed by atoms with van der Waals surface area (Å²) < 4.78 is 0. The number of alkyl halides is 1. The minimum atomic E-state index is -0.146. The van der Waals surface area contributed by atoms with E-state index in [1.165, 1.54) is 12.0 Å². The third kappa shape index (κ3) is 2.90. The van der Waals surface area contributed by atoms with E-state index in [-0.39, 0.29) is 5.38 Å². The Morgan fingerprint density at radius 2 is 1.89 bits per heavy atom. The van der Waals surface area contributed by atoms with Crippen molar-refractivity contribution in [2.24, 2.45) is 0 Å². The quantitative estimate of drug-likeness (QED) is 0.608. The Kier molecular flexibility index (Phi) is 4.71. The molecule has 0 saturated carbocycles. The SMILES string of the molecule is CCCc1ccc(C(Cl)c2scc(C)c2Cl)cc1. The lowest BCUT2D eigenvalue weighted by atomic mass is 10.0. The highest BCUT2D eigenvalue weighted by Gasteiger charge is 2.17. The van der Waals surface area contributed by atoms with E-state index in [0.29, 0.717) is 0 Å². The average Bonchev–Trinajstić information content (AvgIpc) is 2.71. The van der Waals surface area contributed by atoms with Crippen LogP contribution in [0.4, 0.5) is 0 Å². The van der Waals surface area contributed by atoms with Gasteiger partial charge in [-0.15, -0.1) is 22.9 Å². The lowest BCUT2D eigenvalue weighted by Crippen LogP contribution is -1.92. The fourth-order valence-electron chi connectivity index (χ4n) is 1.91. The van der Waals surface area contributed by atoms with Gasteiger partial charge in [-0.2, -0.15) is 0 Å². The summed E-state index contributed by atoms with van der Waals surface area (Å²) in [5.74, 6) is 0. The molecule has 0 fully saturated rings. The fourth-order valence-corrected chi connectivity index (χ4v) is 3.68. The summed E-state index contributed by atoms with van der Waals surface area (Å²) in [6.45, 7) is 4.20. The molecule has 0 bridgehead atoms. The Morgan fingerprint density at radius 1 is 1.22 bits per heavy atom. The zero-order valence-electron chi connectivity index (χ0n) is 10.5. The number of hydrogen-bond donors (Lipinski definition) is 0. The summed E-state index contributed by atoms with van der Waals surface area (Å²) in [6.07, 6.45) is 2.28. The van der Waals surface area contributed by atoms with E-state index >= 15 is 0 Å². The molecule has 0 amide bonds. The largest absolute Gasteiger partial charge is 0.145 e. The normalized spacial score (nSPS) is 12.7. The second-order valence-corrected chi connectivity index (χ2v) is 6.18. The first-order valence-corrected chi connectivity index (χ1v) is 7.79. The molecule has 1 heterocycles. The van der Waals surface area contributed by atoms with E-state index in [0.717, 1.165) is 27.4 Å². The van der Waals surface area contributed by atoms with E-state index in [4.69, 9.17) is 23.2 Å². The van der Waals surface area contributed by atoms with Crippen LogP contribution >= 0.6 is 34.5 Å². The topological polar surface area (TPSA) is 0 Å². The minimum absolute atomic E-state index is 0.146. The molecule has 1 aromatic carbocycles. The summed E-state index contributed by atoms with van der Waals surface area (Å²) in [4.78, 5) is 1.04. The molecule has 0 N–H and O–H groups in total. The van der Waals surface area contributed by atoms with E-state index < -0.39 is 0 Å². The van der Waals surface area contributed by atoms with Gasteiger partial charge in [-0.1, -0.05) is 49.2 Å². The molecule has 0 saturated heterocycles. The molecule has 96 valence electrons. The van der Waals surface area contributed by atoms with Crippen LogP contribution in [0.15, 0.2) is 29.6 Å². The first-order valence-electron chi connectivity index (χ1n) is 6.10. The predicted molar refractivity (Wildman–Crippen MR) is 82.2 cm³/mol. The van der Waals surface area contributed by atoms with Crippen LogP contribution in [0.1, 0.15) is 40.3 Å². The smallest absolute Gasteiger partial charge is 0.0942 e. The monoisotopic (exact) mass is 298 g/mol. The molecule has 1 aromatic heterocycles. The number of halogens is 2. The Morgan fingerprint density at radius 3 is 2.39 bits per heavy atom. The molecule has 2 rings (SSSR count). The second-order valence-electron chi connectivity index (χ2n) is 4.45. The summed E-state index contributed by atoms with van der Waals surface area (Å²) in [7, 11) is 0. The maximum Gasteiger partial charge on any atom is 0.0942 e. The molecule has 18 heavy (non-hydrogen) atoms. The van der Waals surface area contributed by atoms with Crippen molar-refractivity contribution in [3.05, 3.63) is 56.2 Å². The van der Waals surface area contributed by atoms with Crippen molar-refractivity contribution in [2.75, 3.05) is 0 Å². The Bertz CT molecular complexity index is 514. The first kappa shape index (κ1) is 13.9. The van der Waals surface area contributed by atoms with Gasteiger partial charge in [-0.25, -0.2) is 0 Å². The predicted octanol–water partition coefficient (Wildman–Crippen LogP) is 5.99. The molecule has 2 aromatic rings. The first-order chi connectivity index (χ1) is 8.63. The Hall–Kier alpha value is -0.500. The molecule has 0 radical (unpaired) electrons. The van der Waals surface area contributed by atoms with Crippen molar-refractivity contribution >= 4 is 34.5 Å². The Labute approximate surface area is 123 Å². The number of aryl methyl sites for hydroxylation is 2. The zero-order valence-corrected chi connectivity index (χ0v) is 12.9. The van der Waals surface area contributed by atoms with Crippen LogP contribution in [0.2, 0.25) is 5.02 Å². The molecular formula is C15H16Cl2S. The number of thiophene rings is 1. The van der Waals surface area contributed by atoms with Gasteiger partial charge in [0.25, 0.3) is 0 Å². The molecule has 0 aliphatic carbocycles. The third-order valence-electron chi connectivity index (χ3n) is 2.97. The molecule has 1 unspecified atom stereocenters. The number of benzene rings is 1. The summed E-state index contributed by atoms with van der Waals surface area (Å²) in [5.41, 5.74) is 3.57. The van der Waals surface area contributed by atoms with Gasteiger partial charge < -0.3 is 0 Å². The standard InChI is InChI=1S/C15H16Cl2S/c1-3-4-11-5-7-12(8-6-11)14(17)15-13(16)10(2)9-18-15/h5-9,14H,3-4H2,1-2H3. The van der Waals surface area contributed by atoms with Crippen molar-refractivity contribution in [3.63, 3.8) is 0 Å². The van der Waals surface area contributed by atoms with Crippen LogP contribution < -0.4 is 0 Å². The number of hydrogen-bond acceptors (Lipinski definition) is 1. The zero-order chi connectivity index (χ0) is 13.1. The van der Waals surface area contributed by atoms with Gasteiger partial charge in [0.2, 0.25) is 0 Å². The van der Waals surface area contributed by atoms with E-state index in [1.54, 1.807) is 11.3 Å². The van der Waals surface area contributed by atoms with Crippen LogP contribution in [0.3, 0.4) is 0 Å². The van der Waals surface area contributed by atoms with Gasteiger partial charge >= 0.3 is 0 Å². The van der Waals surface area contributed by atoms with E-state index in [2.05, 4.69) is 36.6 Å². The molecule has 0 aliphatic rings. The van der Waals surface area contributed by atoms with E-state index in [1.807, 2.05) is 6.92 Å². The molecule has 3 heteroatoms. The highest BCUT2D eigenvalue weighted by molar-refractivity contribution is 7.11. The number of rotatable bonds is 4. The van der Waals surface area contributed by atoms with Crippen LogP contribution in [-0.4, -0.2) is 0 Å². The minimum Gasteiger partial charge on any atom is -0.145 e. The lowest BCUT2D eigenvalue weighted by molar-refractivity contribution is 0.920. The molecule has 1 atom stereocenters. The Balaban J connectivity index is 2.23. The van der Waals surface area contributed by atoms with Gasteiger partial charge in [0, 0.05) is 4.88 Å². The molecule has 0 nitrogen and oxygen atoms in total. The average molecular weight is 299 g/mol. The van der Waals surface area contributed by atoms with Crippen LogP contribution in [0, 0.1) is 6.92 Å². The molecular weight excluding hydrogens is 283 g/mol. The van der Waals surface area contributed by atoms with Crippen molar-refractivity contribution in [1.29, 1.82) is 0 Å². The third-order valence-corrected chi connectivity index (χ3v) is 5.34. The van der Waals surface area contributed by atoms with Gasteiger partial charge in [0.1, 0.15) is 0 Å². The van der Waals surface area contributed by atoms with Crippen molar-refractivity contribution in [2.45, 2.75) is 32.1 Å². The summed E-state index contributed by atoms with van der Waals surface area (Å²) >= 11 is 14.4. The molecule has 0 aliphatic heterocycles. The lowest BCUT2D eigenvalue weighted by Gasteiger charge is -2.09. The van der Waals surface area contributed by atoms with Crippen LogP contribution in [0.25, 0.3) is 0 Å². The van der Waals surface area contributed by atoms with Crippen molar-refractivity contribution in [1.82, 2.24) is 0 Å². The maximum absolute atomic E-state index is 6.51. The maximum atomic E-state index is 6.51. The van der Waals surface area contributed by atoms with Gasteiger partial charge in [0.15, 0.2) is 0 Å². The van der Waals surface area contributed by atoms with E-state index in [9.17, 15) is 0 Å².